The van der Waals surface area contributed by atoms with Gasteiger partial charge >= 0.3 is 6.03 Å². The Bertz CT molecular complexity index is 1220. The SMILES string of the molecule is CCCNc1cc(NCc2ccc(F)c(C)c2)nc2c(/C=C3\CNC(=O)NC3=O)cnn12. The number of rotatable bonds is 7. The lowest BCUT2D eigenvalue weighted by Gasteiger charge is -2.15. The molecule has 9 nitrogen and oxygen atoms in total. The van der Waals surface area contributed by atoms with Crippen molar-refractivity contribution < 1.29 is 14.0 Å². The number of hydrogen-bond acceptors (Lipinski definition) is 6. The summed E-state index contributed by atoms with van der Waals surface area (Å²) < 4.78 is 15.2. The van der Waals surface area contributed by atoms with Crippen LogP contribution in [0.15, 0.2) is 36.0 Å². The van der Waals surface area contributed by atoms with Crippen molar-refractivity contribution in [2.24, 2.45) is 0 Å². The van der Waals surface area contributed by atoms with Crippen molar-refractivity contribution in [3.8, 4) is 0 Å². The third-order valence-corrected chi connectivity index (χ3v) is 5.04. The van der Waals surface area contributed by atoms with Crippen LogP contribution in [-0.2, 0) is 11.3 Å². The molecule has 3 aromatic rings. The van der Waals surface area contributed by atoms with E-state index in [9.17, 15) is 14.0 Å². The summed E-state index contributed by atoms with van der Waals surface area (Å²) in [4.78, 5) is 28.1. The van der Waals surface area contributed by atoms with Gasteiger partial charge in [-0.25, -0.2) is 14.2 Å². The molecular weight excluding hydrogens is 413 g/mol. The number of hydrogen-bond donors (Lipinski definition) is 4. The van der Waals surface area contributed by atoms with Crippen molar-refractivity contribution in [2.45, 2.75) is 26.8 Å². The van der Waals surface area contributed by atoms with Gasteiger partial charge in [0, 0.05) is 36.8 Å². The number of benzene rings is 1. The molecule has 0 unspecified atom stereocenters. The zero-order chi connectivity index (χ0) is 22.7. The van der Waals surface area contributed by atoms with Gasteiger partial charge in [-0.3, -0.25) is 10.1 Å². The standard InChI is InChI=1S/C22H24FN7O2/c1-3-6-24-19-9-18(25-10-14-4-5-17(23)13(2)7-14)28-20-15(12-27-30(19)20)8-16-11-26-22(32)29-21(16)31/h4-5,7-9,12,24H,3,6,10-11H2,1-2H3,(H,25,28)(H2,26,29,31,32)/b16-8+. The summed E-state index contributed by atoms with van der Waals surface area (Å²) in [5.74, 6) is 0.679. The number of halogens is 1. The number of urea groups is 1. The first-order chi connectivity index (χ1) is 15.4. The summed E-state index contributed by atoms with van der Waals surface area (Å²) >= 11 is 0. The van der Waals surface area contributed by atoms with Crippen LogP contribution >= 0.6 is 0 Å². The molecule has 0 aliphatic carbocycles. The van der Waals surface area contributed by atoms with E-state index < -0.39 is 11.9 Å². The Labute approximate surface area is 184 Å². The summed E-state index contributed by atoms with van der Waals surface area (Å²) in [6, 6.07) is 6.32. The van der Waals surface area contributed by atoms with Crippen molar-refractivity contribution >= 4 is 35.3 Å². The second kappa shape index (κ2) is 9.04. The first-order valence-electron chi connectivity index (χ1n) is 10.4. The molecule has 3 heterocycles. The topological polar surface area (TPSA) is 112 Å². The molecule has 1 fully saturated rings. The third-order valence-electron chi connectivity index (χ3n) is 5.04. The van der Waals surface area contributed by atoms with Crippen molar-refractivity contribution in [3.05, 3.63) is 58.5 Å². The monoisotopic (exact) mass is 437 g/mol. The fourth-order valence-electron chi connectivity index (χ4n) is 3.35. The lowest BCUT2D eigenvalue weighted by molar-refractivity contribution is -0.116. The number of anilines is 2. The Morgan fingerprint density at radius 3 is 2.84 bits per heavy atom. The molecule has 4 rings (SSSR count). The van der Waals surface area contributed by atoms with Crippen LogP contribution in [-0.4, -0.2) is 39.6 Å². The predicted octanol–water partition coefficient (Wildman–Crippen LogP) is 2.83. The van der Waals surface area contributed by atoms with Crippen LogP contribution in [0.1, 0.15) is 30.0 Å². The minimum Gasteiger partial charge on any atom is -0.370 e. The van der Waals surface area contributed by atoms with Crippen LogP contribution in [0.4, 0.5) is 20.8 Å². The number of amides is 3. The molecule has 0 spiro atoms. The van der Waals surface area contributed by atoms with Gasteiger partial charge in [-0.2, -0.15) is 9.61 Å². The number of fused-ring (bicyclic) bond motifs is 1. The first kappa shape index (κ1) is 21.3. The van der Waals surface area contributed by atoms with Crippen LogP contribution in [0.25, 0.3) is 11.7 Å². The molecule has 10 heteroatoms. The molecule has 166 valence electrons. The van der Waals surface area contributed by atoms with Gasteiger partial charge in [-0.15, -0.1) is 0 Å². The number of nitrogens with zero attached hydrogens (tertiary/aromatic N) is 3. The van der Waals surface area contributed by atoms with E-state index in [0.717, 1.165) is 24.3 Å². The average molecular weight is 437 g/mol. The van der Waals surface area contributed by atoms with Gasteiger partial charge in [-0.1, -0.05) is 19.1 Å². The lowest BCUT2D eigenvalue weighted by Crippen LogP contribution is -2.47. The highest BCUT2D eigenvalue weighted by molar-refractivity contribution is 6.09. The van der Waals surface area contributed by atoms with Crippen LogP contribution in [0.5, 0.6) is 0 Å². The molecule has 0 saturated carbocycles. The van der Waals surface area contributed by atoms with Gasteiger partial charge in [0.05, 0.1) is 6.20 Å². The first-order valence-corrected chi connectivity index (χ1v) is 10.4. The van der Waals surface area contributed by atoms with E-state index in [2.05, 4.69) is 38.3 Å². The molecule has 0 bridgehead atoms. The quantitative estimate of drug-likeness (QED) is 0.423. The molecular formula is C22H24FN7O2. The van der Waals surface area contributed by atoms with Crippen LogP contribution in [0, 0.1) is 12.7 Å². The Hall–Kier alpha value is -3.95. The molecule has 0 atom stereocenters. The van der Waals surface area contributed by atoms with E-state index in [0.29, 0.717) is 34.7 Å². The van der Waals surface area contributed by atoms with Gasteiger partial charge in [0.1, 0.15) is 17.5 Å². The normalized spacial score (nSPS) is 15.0. The second-order valence-electron chi connectivity index (χ2n) is 7.53. The van der Waals surface area contributed by atoms with Crippen molar-refractivity contribution in [1.29, 1.82) is 0 Å². The van der Waals surface area contributed by atoms with Crippen LogP contribution in [0.3, 0.4) is 0 Å². The highest BCUT2D eigenvalue weighted by Gasteiger charge is 2.20. The summed E-state index contributed by atoms with van der Waals surface area (Å²) in [5, 5.41) is 15.8. The number of aryl methyl sites for hydroxylation is 1. The molecule has 2 aromatic heterocycles. The van der Waals surface area contributed by atoms with E-state index in [-0.39, 0.29) is 12.4 Å². The maximum atomic E-state index is 13.6. The summed E-state index contributed by atoms with van der Waals surface area (Å²) in [7, 11) is 0. The largest absolute Gasteiger partial charge is 0.370 e. The average Bonchev–Trinajstić information content (AvgIpc) is 3.17. The fraction of sp³-hybridized carbons (Fsp3) is 0.273. The Kier molecular flexibility index (Phi) is 6.02. The van der Waals surface area contributed by atoms with E-state index in [4.69, 9.17) is 0 Å². The van der Waals surface area contributed by atoms with Crippen LogP contribution < -0.4 is 21.3 Å². The number of nitrogens with one attached hydrogen (secondary N) is 4. The van der Waals surface area contributed by atoms with Crippen molar-refractivity contribution in [2.75, 3.05) is 23.7 Å². The smallest absolute Gasteiger partial charge is 0.321 e. The predicted molar refractivity (Wildman–Crippen MR) is 120 cm³/mol. The molecule has 1 aromatic carbocycles. The Balaban J connectivity index is 1.66. The highest BCUT2D eigenvalue weighted by Crippen LogP contribution is 2.22. The molecule has 3 amide bonds. The molecule has 0 radical (unpaired) electrons. The maximum Gasteiger partial charge on any atom is 0.321 e. The second-order valence-corrected chi connectivity index (χ2v) is 7.53. The highest BCUT2D eigenvalue weighted by atomic mass is 19.1. The number of carbonyl (C=O) groups excluding carboxylic acids is 2. The molecule has 1 aliphatic heterocycles. The van der Waals surface area contributed by atoms with Gasteiger partial charge < -0.3 is 16.0 Å². The van der Waals surface area contributed by atoms with E-state index in [1.54, 1.807) is 35.8 Å². The lowest BCUT2D eigenvalue weighted by atomic mass is 10.1. The van der Waals surface area contributed by atoms with Gasteiger partial charge in [-0.05, 0) is 36.6 Å². The molecule has 32 heavy (non-hydrogen) atoms. The van der Waals surface area contributed by atoms with Crippen LogP contribution in [0.2, 0.25) is 0 Å². The maximum absolute atomic E-state index is 13.6. The molecule has 1 saturated heterocycles. The fourth-order valence-corrected chi connectivity index (χ4v) is 3.35. The van der Waals surface area contributed by atoms with Crippen molar-refractivity contribution in [1.82, 2.24) is 25.2 Å². The van der Waals surface area contributed by atoms with Crippen molar-refractivity contribution in [3.63, 3.8) is 0 Å². The Morgan fingerprint density at radius 2 is 2.09 bits per heavy atom. The summed E-state index contributed by atoms with van der Waals surface area (Å²) in [6.45, 7) is 5.14. The number of imide groups is 1. The van der Waals surface area contributed by atoms with E-state index in [1.165, 1.54) is 6.07 Å². The minimum atomic E-state index is -0.515. The summed E-state index contributed by atoms with van der Waals surface area (Å²) in [6.07, 6.45) is 4.23. The number of aromatic nitrogens is 3. The summed E-state index contributed by atoms with van der Waals surface area (Å²) in [5.41, 5.74) is 3.12. The van der Waals surface area contributed by atoms with Gasteiger partial charge in [0.2, 0.25) is 0 Å². The molecule has 1 aliphatic rings. The Morgan fingerprint density at radius 1 is 1.25 bits per heavy atom. The zero-order valence-corrected chi connectivity index (χ0v) is 17.8. The minimum absolute atomic E-state index is 0.130. The number of carbonyl (C=O) groups is 2. The van der Waals surface area contributed by atoms with E-state index >= 15 is 0 Å². The third kappa shape index (κ3) is 4.53. The van der Waals surface area contributed by atoms with Gasteiger partial charge in [0.15, 0.2) is 5.65 Å². The van der Waals surface area contributed by atoms with Gasteiger partial charge in [0.25, 0.3) is 5.91 Å². The van der Waals surface area contributed by atoms with E-state index in [1.807, 2.05) is 6.07 Å². The zero-order valence-electron chi connectivity index (χ0n) is 17.8. The molecule has 4 N–H and O–H groups in total.